The van der Waals surface area contributed by atoms with Crippen molar-refractivity contribution in [1.82, 2.24) is 0 Å². The molecule has 1 heteroatoms. The van der Waals surface area contributed by atoms with Crippen molar-refractivity contribution in [2.45, 2.75) is 0 Å². The molecule has 1 heterocycles. The van der Waals surface area contributed by atoms with Crippen LogP contribution < -0.4 is 0 Å². The van der Waals surface area contributed by atoms with E-state index >= 15 is 0 Å². The van der Waals surface area contributed by atoms with Crippen LogP contribution in [0.25, 0.3) is 21.2 Å². The highest BCUT2D eigenvalue weighted by Gasteiger charge is 2.04. The van der Waals surface area contributed by atoms with Gasteiger partial charge in [0.1, 0.15) is 0 Å². The Morgan fingerprint density at radius 3 is 2.40 bits per heavy atom. The minimum atomic E-state index is 1.21. The molecule has 0 saturated heterocycles. The third-order valence-electron chi connectivity index (χ3n) is 2.47. The Kier molecular flexibility index (Phi) is 2.04. The molecule has 1 aromatic heterocycles. The van der Waals surface area contributed by atoms with Gasteiger partial charge in [-0.1, -0.05) is 54.6 Å². The minimum Gasteiger partial charge on any atom is -0.133 e. The molecule has 0 bridgehead atoms. The Hall–Kier alpha value is -1.60. The molecule has 0 amide bonds. The van der Waals surface area contributed by atoms with Gasteiger partial charge in [0.2, 0.25) is 0 Å². The Balaban J connectivity index is 2.28. The molecule has 0 atom stereocenters. The number of hydrogen-bond donors (Lipinski definition) is 0. The number of rotatable bonds is 1. The number of hydrogen-bond acceptors (Lipinski definition) is 1. The molecular weight excluding hydrogens is 200 g/mol. The Labute approximate surface area is 92.8 Å². The molecular formula is C14H9S. The van der Waals surface area contributed by atoms with E-state index in [0.717, 1.165) is 0 Å². The van der Waals surface area contributed by atoms with Crippen LogP contribution in [-0.4, -0.2) is 0 Å². The summed E-state index contributed by atoms with van der Waals surface area (Å²) in [7, 11) is 0. The van der Waals surface area contributed by atoms with Crippen molar-refractivity contribution in [3.8, 4) is 10.4 Å². The summed E-state index contributed by atoms with van der Waals surface area (Å²) in [6.45, 7) is 0. The van der Waals surface area contributed by atoms with Crippen molar-refractivity contribution in [2.24, 2.45) is 0 Å². The maximum atomic E-state index is 3.33. The van der Waals surface area contributed by atoms with Crippen LogP contribution in [0, 0.1) is 5.38 Å². The van der Waals surface area contributed by atoms with Gasteiger partial charge in [0.15, 0.2) is 0 Å². The molecule has 0 nitrogen and oxygen atoms in total. The zero-order valence-electron chi connectivity index (χ0n) is 8.10. The first-order valence-corrected chi connectivity index (χ1v) is 5.71. The van der Waals surface area contributed by atoms with Crippen LogP contribution in [0.5, 0.6) is 0 Å². The van der Waals surface area contributed by atoms with Gasteiger partial charge in [-0.25, -0.2) is 0 Å². The summed E-state index contributed by atoms with van der Waals surface area (Å²) in [5.41, 5.74) is 1.28. The number of fused-ring (bicyclic) bond motifs is 1. The van der Waals surface area contributed by atoms with E-state index in [9.17, 15) is 0 Å². The van der Waals surface area contributed by atoms with Crippen LogP contribution in [-0.2, 0) is 0 Å². The van der Waals surface area contributed by atoms with Crippen molar-refractivity contribution >= 4 is 22.1 Å². The zero-order valence-corrected chi connectivity index (χ0v) is 8.92. The highest BCUT2D eigenvalue weighted by atomic mass is 32.1. The Morgan fingerprint density at radius 2 is 1.53 bits per heavy atom. The lowest BCUT2D eigenvalue weighted by Gasteiger charge is -1.97. The molecule has 71 valence electrons. The molecule has 0 N–H and O–H groups in total. The molecule has 0 aliphatic rings. The third kappa shape index (κ3) is 1.45. The third-order valence-corrected chi connectivity index (χ3v) is 3.45. The lowest BCUT2D eigenvalue weighted by Crippen LogP contribution is -1.71. The maximum absolute atomic E-state index is 3.33. The highest BCUT2D eigenvalue weighted by molar-refractivity contribution is 7.15. The summed E-state index contributed by atoms with van der Waals surface area (Å²) in [4.78, 5) is 1.31. The second-order valence-corrected chi connectivity index (χ2v) is 4.26. The predicted molar refractivity (Wildman–Crippen MR) is 66.1 cm³/mol. The minimum absolute atomic E-state index is 1.21. The summed E-state index contributed by atoms with van der Waals surface area (Å²) < 4.78 is 0. The van der Waals surface area contributed by atoms with Gasteiger partial charge in [0.25, 0.3) is 0 Å². The molecule has 0 unspecified atom stereocenters. The predicted octanol–water partition coefficient (Wildman–Crippen LogP) is 4.37. The quantitative estimate of drug-likeness (QED) is 0.558. The van der Waals surface area contributed by atoms with Crippen LogP contribution in [0.15, 0.2) is 54.6 Å². The van der Waals surface area contributed by atoms with E-state index in [1.807, 2.05) is 6.07 Å². The van der Waals surface area contributed by atoms with Gasteiger partial charge in [0, 0.05) is 15.6 Å². The maximum Gasteiger partial charge on any atom is 0.0534 e. The second kappa shape index (κ2) is 3.52. The van der Waals surface area contributed by atoms with Gasteiger partial charge in [-0.15, -0.1) is 11.3 Å². The zero-order chi connectivity index (χ0) is 10.1. The molecule has 3 rings (SSSR count). The molecule has 3 aromatic rings. The van der Waals surface area contributed by atoms with Crippen molar-refractivity contribution in [3.63, 3.8) is 0 Å². The lowest BCUT2D eigenvalue weighted by atomic mass is 10.1. The van der Waals surface area contributed by atoms with E-state index in [-0.39, 0.29) is 0 Å². The standard InChI is InChI=1S/C14H9S/c1-2-6-11(7-3-1)14-13-9-5-4-8-12(13)10-15-14/h1-9H. The summed E-state index contributed by atoms with van der Waals surface area (Å²) in [5, 5.41) is 5.84. The van der Waals surface area contributed by atoms with Gasteiger partial charge in [0.05, 0.1) is 5.38 Å². The molecule has 0 spiro atoms. The van der Waals surface area contributed by atoms with Crippen molar-refractivity contribution in [3.05, 3.63) is 60.0 Å². The van der Waals surface area contributed by atoms with E-state index in [0.29, 0.717) is 0 Å². The van der Waals surface area contributed by atoms with Crippen LogP contribution in [0.1, 0.15) is 0 Å². The van der Waals surface area contributed by atoms with Crippen LogP contribution in [0.3, 0.4) is 0 Å². The SMILES string of the molecule is [c]1sc(-c2ccccc2)c2ccccc12. The summed E-state index contributed by atoms with van der Waals surface area (Å²) in [6.07, 6.45) is 0. The van der Waals surface area contributed by atoms with Crippen molar-refractivity contribution in [2.75, 3.05) is 0 Å². The molecule has 0 aliphatic heterocycles. The molecule has 2 aromatic carbocycles. The first-order valence-electron chi connectivity index (χ1n) is 4.90. The van der Waals surface area contributed by atoms with Crippen LogP contribution in [0.4, 0.5) is 0 Å². The van der Waals surface area contributed by atoms with Crippen molar-refractivity contribution in [1.29, 1.82) is 0 Å². The highest BCUT2D eigenvalue weighted by Crippen LogP contribution is 2.33. The monoisotopic (exact) mass is 209 g/mol. The molecule has 0 aliphatic carbocycles. The fourth-order valence-corrected chi connectivity index (χ4v) is 2.67. The van der Waals surface area contributed by atoms with Crippen LogP contribution in [0.2, 0.25) is 0 Å². The molecule has 0 fully saturated rings. The Bertz CT molecular complexity index is 578. The lowest BCUT2D eigenvalue weighted by molar-refractivity contribution is 1.71. The average Bonchev–Trinajstić information content (AvgIpc) is 2.74. The summed E-state index contributed by atoms with van der Waals surface area (Å²) in [5.74, 6) is 0. The second-order valence-electron chi connectivity index (χ2n) is 3.44. The van der Waals surface area contributed by atoms with Gasteiger partial charge in [-0.05, 0) is 5.56 Å². The van der Waals surface area contributed by atoms with Gasteiger partial charge < -0.3 is 0 Å². The van der Waals surface area contributed by atoms with E-state index in [1.54, 1.807) is 11.3 Å². The number of benzene rings is 2. The van der Waals surface area contributed by atoms with Gasteiger partial charge >= 0.3 is 0 Å². The summed E-state index contributed by atoms with van der Waals surface area (Å²) >= 11 is 1.69. The van der Waals surface area contributed by atoms with E-state index in [4.69, 9.17) is 0 Å². The first-order chi connectivity index (χ1) is 7.45. The van der Waals surface area contributed by atoms with E-state index < -0.39 is 0 Å². The topological polar surface area (TPSA) is 0 Å². The first kappa shape index (κ1) is 8.69. The summed E-state index contributed by atoms with van der Waals surface area (Å²) in [6, 6.07) is 18.9. The van der Waals surface area contributed by atoms with Gasteiger partial charge in [-0.3, -0.25) is 0 Å². The molecule has 15 heavy (non-hydrogen) atoms. The normalized spacial score (nSPS) is 10.7. The van der Waals surface area contributed by atoms with Gasteiger partial charge in [-0.2, -0.15) is 0 Å². The fraction of sp³-hybridized carbons (Fsp3) is 0. The van der Waals surface area contributed by atoms with Crippen LogP contribution >= 0.6 is 11.3 Å². The largest absolute Gasteiger partial charge is 0.133 e. The number of thiophene rings is 1. The Morgan fingerprint density at radius 1 is 0.800 bits per heavy atom. The average molecular weight is 209 g/mol. The van der Waals surface area contributed by atoms with E-state index in [2.05, 4.69) is 53.9 Å². The fourth-order valence-electron chi connectivity index (χ4n) is 1.74. The van der Waals surface area contributed by atoms with Crippen molar-refractivity contribution < 1.29 is 0 Å². The smallest absolute Gasteiger partial charge is 0.0534 e. The molecule has 1 radical (unpaired) electrons. The molecule has 0 saturated carbocycles. The van der Waals surface area contributed by atoms with E-state index in [1.165, 1.54) is 21.2 Å².